The van der Waals surface area contributed by atoms with Gasteiger partial charge >= 0.3 is 83.5 Å². The molecule has 0 aromatic heterocycles. The van der Waals surface area contributed by atoms with Crippen LogP contribution in [0.15, 0.2) is 0 Å². The van der Waals surface area contributed by atoms with Gasteiger partial charge in [0.05, 0.1) is 0 Å². The smallest absolute Gasteiger partial charge is 0.550 e. The summed E-state index contributed by atoms with van der Waals surface area (Å²) in [6, 6.07) is 0. The Morgan fingerprint density at radius 2 is 0.397 bits per heavy atom. The molecule has 0 aliphatic carbocycles. The van der Waals surface area contributed by atoms with Gasteiger partial charge in [-0.25, -0.2) is 0 Å². The summed E-state index contributed by atoms with van der Waals surface area (Å²) < 4.78 is 0. The van der Waals surface area contributed by atoms with E-state index in [2.05, 4.69) is 20.8 Å². The molecule has 12 nitrogen and oxygen atoms in total. The van der Waals surface area contributed by atoms with Crippen molar-refractivity contribution in [3.63, 3.8) is 0 Å². The predicted molar refractivity (Wildman–Crippen MR) is 251 cm³/mol. The Kier molecular flexibility index (Phi) is 68.5. The molecular weight excluding hydrogens is 1120 g/mol. The molecule has 3 atom stereocenters. The van der Waals surface area contributed by atoms with Gasteiger partial charge in [-0.15, -0.1) is 0 Å². The molecule has 0 saturated heterocycles. The molecule has 2 radical (unpaired) electrons. The number of hydrogen-bond donors (Lipinski definition) is 0. The minimum atomic E-state index is -0.966. The van der Waals surface area contributed by atoms with E-state index in [1.165, 1.54) is 38.5 Å². The second-order valence-corrected chi connectivity index (χ2v) is 18.8. The molecule has 0 aromatic carbocycles. The zero-order chi connectivity index (χ0) is 49.9. The number of unbranched alkanes of at least 4 members (excludes halogenated alkanes) is 27. The van der Waals surface area contributed by atoms with Crippen molar-refractivity contribution in [3.8, 4) is 0 Å². The van der Waals surface area contributed by atoms with Crippen LogP contribution in [-0.2, 0) is 28.8 Å². The quantitative estimate of drug-likeness (QED) is 0.0531. The van der Waals surface area contributed by atoms with Crippen molar-refractivity contribution in [1.82, 2.24) is 0 Å². The molecule has 14 heteroatoms. The van der Waals surface area contributed by atoms with Gasteiger partial charge in [0.2, 0.25) is 0 Å². The SMILES string of the molecule is CCCCCCC(CCCCCCCCCC(=O)[O-])C(=O)[O-].CCCCCCC(CCCCCCCCCC(=O)[O-])C(=O)[O-].CCCCCCC(CCCCCCCCCC(=O)[O-])C(=O)[O-].[Ce+3].[Ce+3]. The van der Waals surface area contributed by atoms with E-state index in [4.69, 9.17) is 0 Å². The molecule has 392 valence electrons. The van der Waals surface area contributed by atoms with Gasteiger partial charge < -0.3 is 59.4 Å². The molecule has 0 aliphatic rings. The number of rotatable bonds is 48. The number of aliphatic carboxylic acids is 6. The van der Waals surface area contributed by atoms with Crippen molar-refractivity contribution in [2.24, 2.45) is 17.8 Å². The first-order chi connectivity index (χ1) is 31.7. The average Bonchev–Trinajstić information content (AvgIpc) is 3.26. The third kappa shape index (κ3) is 63.6. The van der Waals surface area contributed by atoms with E-state index in [0.29, 0.717) is 19.3 Å². The fourth-order valence-corrected chi connectivity index (χ4v) is 8.22. The van der Waals surface area contributed by atoms with Gasteiger partial charge in [0, 0.05) is 35.8 Å². The van der Waals surface area contributed by atoms with Gasteiger partial charge in [0.15, 0.2) is 0 Å². The normalized spacial score (nSPS) is 11.9. The van der Waals surface area contributed by atoms with Crippen LogP contribution in [0.4, 0.5) is 0 Å². The van der Waals surface area contributed by atoms with Crippen LogP contribution in [0.25, 0.3) is 0 Å². The second kappa shape index (κ2) is 60.9. The van der Waals surface area contributed by atoms with E-state index in [0.717, 1.165) is 193 Å². The largest absolute Gasteiger partial charge is 3.00 e. The monoisotopic (exact) mass is 1220 g/mol. The summed E-state index contributed by atoms with van der Waals surface area (Å²) in [5.74, 6) is -6.40. The van der Waals surface area contributed by atoms with Crippen molar-refractivity contribution in [3.05, 3.63) is 0 Å². The van der Waals surface area contributed by atoms with Gasteiger partial charge in [-0.3, -0.25) is 0 Å². The number of carbonyl (C=O) groups excluding carboxylic acids is 6. The molecule has 0 saturated carbocycles. The summed E-state index contributed by atoms with van der Waals surface area (Å²) >= 11 is 0. The van der Waals surface area contributed by atoms with E-state index in [-0.39, 0.29) is 121 Å². The van der Waals surface area contributed by atoms with Crippen LogP contribution in [0.5, 0.6) is 0 Å². The van der Waals surface area contributed by atoms with Crippen LogP contribution >= 0.6 is 0 Å². The summed E-state index contributed by atoms with van der Waals surface area (Å²) in [5.41, 5.74) is 0. The van der Waals surface area contributed by atoms with Crippen LogP contribution < -0.4 is 30.6 Å². The van der Waals surface area contributed by atoms with Gasteiger partial charge in [-0.05, 0) is 94.8 Å². The third-order valence-electron chi connectivity index (χ3n) is 12.5. The number of carboxylic acids is 6. The molecule has 3 unspecified atom stereocenters. The minimum absolute atomic E-state index is 0. The molecule has 0 bridgehead atoms. The van der Waals surface area contributed by atoms with Crippen molar-refractivity contribution >= 4 is 35.8 Å². The van der Waals surface area contributed by atoms with Crippen LogP contribution in [0.3, 0.4) is 0 Å². The number of hydrogen-bond acceptors (Lipinski definition) is 12. The molecule has 0 aromatic rings. The van der Waals surface area contributed by atoms with E-state index >= 15 is 0 Å². The zero-order valence-corrected chi connectivity index (χ0v) is 49.6. The molecule has 0 rings (SSSR count). The number of carbonyl (C=O) groups is 6. The third-order valence-corrected chi connectivity index (χ3v) is 12.5. The first-order valence-corrected chi connectivity index (χ1v) is 26.9. The zero-order valence-electron chi connectivity index (χ0n) is 43.3. The summed E-state index contributed by atoms with van der Waals surface area (Å²) in [6.07, 6.45) is 39.0. The maximum absolute atomic E-state index is 11.1. The van der Waals surface area contributed by atoms with Crippen LogP contribution in [0.2, 0.25) is 0 Å². The summed E-state index contributed by atoms with van der Waals surface area (Å²) in [4.78, 5) is 64.0. The molecule has 0 heterocycles. The Morgan fingerprint density at radius 1 is 0.250 bits per heavy atom. The molecular formula is C54H96Ce2O12. The maximum Gasteiger partial charge on any atom is 3.00 e. The Bertz CT molecular complexity index is 1020. The Labute approximate surface area is 482 Å². The summed E-state index contributed by atoms with van der Waals surface area (Å²) in [6.45, 7) is 6.44. The minimum Gasteiger partial charge on any atom is -0.550 e. The van der Waals surface area contributed by atoms with Crippen LogP contribution in [0, 0.1) is 101 Å². The average molecular weight is 1220 g/mol. The summed E-state index contributed by atoms with van der Waals surface area (Å²) in [5, 5.41) is 64.0. The van der Waals surface area contributed by atoms with E-state index in [1.807, 2.05) is 0 Å². The van der Waals surface area contributed by atoms with E-state index in [9.17, 15) is 59.4 Å². The van der Waals surface area contributed by atoms with E-state index in [1.54, 1.807) is 0 Å². The second-order valence-electron chi connectivity index (χ2n) is 18.8. The van der Waals surface area contributed by atoms with Gasteiger partial charge in [-0.2, -0.15) is 0 Å². The molecule has 0 aliphatic heterocycles. The Balaban J connectivity index is -0.000000288. The van der Waals surface area contributed by atoms with Crippen LogP contribution in [0.1, 0.15) is 290 Å². The topological polar surface area (TPSA) is 241 Å². The summed E-state index contributed by atoms with van der Waals surface area (Å²) in [7, 11) is 0. The standard InChI is InChI=1S/3C18H34O4.2Ce/c3*1-2-3-4-10-13-16(18(21)22)14-11-8-6-5-7-9-12-15-17(19)20;;/h3*16H,2-15H2,1H3,(H,19,20)(H,21,22);;/q;;;2*+3/p-6. The first kappa shape index (κ1) is 76.5. The molecule has 0 spiro atoms. The van der Waals surface area contributed by atoms with Crippen molar-refractivity contribution in [2.45, 2.75) is 290 Å². The predicted octanol–water partition coefficient (Wildman–Crippen LogP) is 7.75. The Hall–Kier alpha value is -0.427. The molecule has 0 amide bonds. The fourth-order valence-electron chi connectivity index (χ4n) is 8.22. The van der Waals surface area contributed by atoms with Gasteiger partial charge in [0.25, 0.3) is 0 Å². The fraction of sp³-hybridized carbons (Fsp3) is 0.889. The van der Waals surface area contributed by atoms with Crippen LogP contribution in [-0.4, -0.2) is 35.8 Å². The Morgan fingerprint density at radius 3 is 0.544 bits per heavy atom. The number of carboxylic acid groups (broad SMARTS) is 6. The van der Waals surface area contributed by atoms with Gasteiger partial charge in [0.1, 0.15) is 0 Å². The maximum atomic E-state index is 11.1. The van der Waals surface area contributed by atoms with Gasteiger partial charge in [-0.1, -0.05) is 213 Å². The van der Waals surface area contributed by atoms with Crippen molar-refractivity contribution < 1.29 is 143 Å². The first-order valence-electron chi connectivity index (χ1n) is 26.9. The van der Waals surface area contributed by atoms with E-state index < -0.39 is 35.8 Å². The molecule has 68 heavy (non-hydrogen) atoms. The molecule has 0 fully saturated rings. The van der Waals surface area contributed by atoms with Crippen molar-refractivity contribution in [1.29, 1.82) is 0 Å². The van der Waals surface area contributed by atoms with Crippen molar-refractivity contribution in [2.75, 3.05) is 0 Å². The molecule has 0 N–H and O–H groups in total.